The van der Waals surface area contributed by atoms with Crippen molar-refractivity contribution in [3.8, 4) is 0 Å². The Labute approximate surface area is 95.8 Å². The third-order valence-electron chi connectivity index (χ3n) is 3.16. The van der Waals surface area contributed by atoms with Crippen molar-refractivity contribution < 1.29 is 9.53 Å². The number of anilines is 1. The summed E-state index contributed by atoms with van der Waals surface area (Å²) in [6.45, 7) is 2.07. The normalized spacial score (nSPS) is 23.1. The Bertz CT molecular complexity index is 403. The summed E-state index contributed by atoms with van der Waals surface area (Å²) in [5.74, 6) is -0.158. The van der Waals surface area contributed by atoms with E-state index in [1.165, 1.54) is 12.7 Å². The molecule has 2 rings (SSSR count). The van der Waals surface area contributed by atoms with Crippen LogP contribution in [0.1, 0.15) is 25.3 Å². The molecule has 0 saturated heterocycles. The predicted molar refractivity (Wildman–Crippen MR) is 63.4 cm³/mol. The van der Waals surface area contributed by atoms with E-state index in [1.807, 2.05) is 12.1 Å². The Hall–Kier alpha value is -1.51. The maximum Gasteiger partial charge on any atom is 0.307 e. The average molecular weight is 219 g/mol. The van der Waals surface area contributed by atoms with Gasteiger partial charge in [-0.1, -0.05) is 18.2 Å². The van der Waals surface area contributed by atoms with Gasteiger partial charge < -0.3 is 10.1 Å². The number of carbonyl (C=O) groups is 1. The molecule has 1 aliphatic heterocycles. The van der Waals surface area contributed by atoms with Gasteiger partial charge in [0.25, 0.3) is 0 Å². The number of methoxy groups -OCH3 is 1. The molecule has 0 aliphatic carbocycles. The monoisotopic (exact) mass is 219 g/mol. The molecule has 1 atom stereocenters. The van der Waals surface area contributed by atoms with Gasteiger partial charge in [0, 0.05) is 11.2 Å². The maximum atomic E-state index is 11.3. The first kappa shape index (κ1) is 11.0. The van der Waals surface area contributed by atoms with Crippen LogP contribution in [0.4, 0.5) is 5.69 Å². The molecule has 1 aromatic carbocycles. The molecule has 3 heteroatoms. The van der Waals surface area contributed by atoms with Crippen molar-refractivity contribution in [3.63, 3.8) is 0 Å². The van der Waals surface area contributed by atoms with E-state index in [1.54, 1.807) is 0 Å². The molecule has 1 N–H and O–H groups in total. The van der Waals surface area contributed by atoms with E-state index in [9.17, 15) is 4.79 Å². The topological polar surface area (TPSA) is 38.3 Å². The van der Waals surface area contributed by atoms with Crippen molar-refractivity contribution in [3.05, 3.63) is 29.8 Å². The molecular formula is C13H17NO2. The molecule has 0 bridgehead atoms. The minimum Gasteiger partial charge on any atom is -0.469 e. The number of benzene rings is 1. The van der Waals surface area contributed by atoms with Gasteiger partial charge in [-0.25, -0.2) is 0 Å². The fourth-order valence-corrected chi connectivity index (χ4v) is 2.18. The largest absolute Gasteiger partial charge is 0.469 e. The molecular weight excluding hydrogens is 202 g/mol. The van der Waals surface area contributed by atoms with Gasteiger partial charge in [0.1, 0.15) is 0 Å². The van der Waals surface area contributed by atoms with Crippen LogP contribution in [0.5, 0.6) is 0 Å². The second kappa shape index (κ2) is 4.16. The van der Waals surface area contributed by atoms with E-state index < -0.39 is 0 Å². The number of hydrogen-bond acceptors (Lipinski definition) is 3. The Kier molecular flexibility index (Phi) is 2.86. The Balaban J connectivity index is 2.14. The number of ether oxygens (including phenoxy) is 1. The van der Waals surface area contributed by atoms with Crippen LogP contribution >= 0.6 is 0 Å². The van der Waals surface area contributed by atoms with Crippen LogP contribution in [0.3, 0.4) is 0 Å². The highest BCUT2D eigenvalue weighted by Gasteiger charge is 2.31. The summed E-state index contributed by atoms with van der Waals surface area (Å²) in [5, 5.41) is 3.44. The fraction of sp³-hybridized carbons (Fsp3) is 0.462. The van der Waals surface area contributed by atoms with Crippen LogP contribution in [-0.2, 0) is 16.0 Å². The van der Waals surface area contributed by atoms with Crippen LogP contribution in [0.25, 0.3) is 0 Å². The highest BCUT2D eigenvalue weighted by Crippen LogP contribution is 2.32. The summed E-state index contributed by atoms with van der Waals surface area (Å²) >= 11 is 0. The standard InChI is InChI=1S/C13H17NO2/c1-13(9-12(15)16-2)8-7-10-5-3-4-6-11(10)14-13/h3-6,14H,7-9H2,1-2H3/t13-/m0/s1. The fourth-order valence-electron chi connectivity index (χ4n) is 2.18. The molecule has 86 valence electrons. The molecule has 0 aromatic heterocycles. The van der Waals surface area contributed by atoms with Gasteiger partial charge >= 0.3 is 5.97 Å². The van der Waals surface area contributed by atoms with Crippen molar-refractivity contribution in [1.29, 1.82) is 0 Å². The summed E-state index contributed by atoms with van der Waals surface area (Å²) in [6, 6.07) is 8.24. The lowest BCUT2D eigenvalue weighted by atomic mass is 9.85. The van der Waals surface area contributed by atoms with Crippen LogP contribution in [0.2, 0.25) is 0 Å². The summed E-state index contributed by atoms with van der Waals surface area (Å²) in [7, 11) is 1.43. The summed E-state index contributed by atoms with van der Waals surface area (Å²) in [6.07, 6.45) is 2.38. The molecule has 0 radical (unpaired) electrons. The highest BCUT2D eigenvalue weighted by molar-refractivity contribution is 5.72. The first-order valence-electron chi connectivity index (χ1n) is 5.56. The number of nitrogens with one attached hydrogen (secondary N) is 1. The van der Waals surface area contributed by atoms with Gasteiger partial charge in [-0.2, -0.15) is 0 Å². The number of esters is 1. The Morgan fingerprint density at radius 1 is 1.50 bits per heavy atom. The van der Waals surface area contributed by atoms with Gasteiger partial charge in [0.2, 0.25) is 0 Å². The summed E-state index contributed by atoms with van der Waals surface area (Å²) in [4.78, 5) is 11.3. The molecule has 16 heavy (non-hydrogen) atoms. The van der Waals surface area contributed by atoms with Crippen molar-refractivity contribution in [2.45, 2.75) is 31.7 Å². The molecule has 1 aliphatic rings. The Morgan fingerprint density at radius 3 is 3.00 bits per heavy atom. The quantitative estimate of drug-likeness (QED) is 0.776. The number of carbonyl (C=O) groups excluding carboxylic acids is 1. The minimum atomic E-state index is -0.179. The molecule has 0 amide bonds. The summed E-state index contributed by atoms with van der Waals surface area (Å²) < 4.78 is 4.73. The van der Waals surface area contributed by atoms with Crippen LogP contribution in [0.15, 0.2) is 24.3 Å². The molecule has 1 aromatic rings. The molecule has 0 spiro atoms. The second-order valence-electron chi connectivity index (χ2n) is 4.60. The number of para-hydroxylation sites is 1. The lowest BCUT2D eigenvalue weighted by molar-refractivity contribution is -0.141. The van der Waals surface area contributed by atoms with Crippen molar-refractivity contribution in [1.82, 2.24) is 0 Å². The summed E-state index contributed by atoms with van der Waals surface area (Å²) in [5.41, 5.74) is 2.28. The molecule has 1 heterocycles. The molecule has 0 unspecified atom stereocenters. The van der Waals surface area contributed by atoms with Crippen LogP contribution in [-0.4, -0.2) is 18.6 Å². The van der Waals surface area contributed by atoms with Crippen molar-refractivity contribution in [2.24, 2.45) is 0 Å². The zero-order valence-electron chi connectivity index (χ0n) is 9.75. The number of fused-ring (bicyclic) bond motifs is 1. The van der Waals surface area contributed by atoms with Crippen LogP contribution < -0.4 is 5.32 Å². The van der Waals surface area contributed by atoms with E-state index >= 15 is 0 Å². The van der Waals surface area contributed by atoms with E-state index in [0.29, 0.717) is 6.42 Å². The van der Waals surface area contributed by atoms with E-state index in [-0.39, 0.29) is 11.5 Å². The lowest BCUT2D eigenvalue weighted by Crippen LogP contribution is -2.40. The maximum absolute atomic E-state index is 11.3. The van der Waals surface area contributed by atoms with E-state index in [0.717, 1.165) is 18.5 Å². The minimum absolute atomic E-state index is 0.158. The second-order valence-corrected chi connectivity index (χ2v) is 4.60. The van der Waals surface area contributed by atoms with Gasteiger partial charge in [0.15, 0.2) is 0 Å². The number of aryl methyl sites for hydroxylation is 1. The van der Waals surface area contributed by atoms with Gasteiger partial charge in [-0.3, -0.25) is 4.79 Å². The lowest BCUT2D eigenvalue weighted by Gasteiger charge is -2.36. The number of hydrogen-bond donors (Lipinski definition) is 1. The van der Waals surface area contributed by atoms with Crippen molar-refractivity contribution >= 4 is 11.7 Å². The van der Waals surface area contributed by atoms with Gasteiger partial charge in [-0.15, -0.1) is 0 Å². The van der Waals surface area contributed by atoms with E-state index in [4.69, 9.17) is 4.74 Å². The third-order valence-corrected chi connectivity index (χ3v) is 3.16. The third kappa shape index (κ3) is 2.18. The molecule has 0 saturated carbocycles. The Morgan fingerprint density at radius 2 is 2.25 bits per heavy atom. The smallest absolute Gasteiger partial charge is 0.307 e. The zero-order valence-corrected chi connectivity index (χ0v) is 9.75. The van der Waals surface area contributed by atoms with Crippen LogP contribution in [0, 0.1) is 0 Å². The average Bonchev–Trinajstić information content (AvgIpc) is 2.28. The van der Waals surface area contributed by atoms with Gasteiger partial charge in [0.05, 0.1) is 13.5 Å². The predicted octanol–water partition coefficient (Wildman–Crippen LogP) is 2.37. The molecule has 3 nitrogen and oxygen atoms in total. The SMILES string of the molecule is COC(=O)C[C@]1(C)CCc2ccccc2N1. The number of rotatable bonds is 2. The van der Waals surface area contributed by atoms with Gasteiger partial charge in [-0.05, 0) is 31.4 Å². The first-order valence-corrected chi connectivity index (χ1v) is 5.56. The highest BCUT2D eigenvalue weighted by atomic mass is 16.5. The first-order chi connectivity index (χ1) is 7.63. The zero-order chi connectivity index (χ0) is 11.6. The van der Waals surface area contributed by atoms with Crippen molar-refractivity contribution in [2.75, 3.05) is 12.4 Å². The van der Waals surface area contributed by atoms with E-state index in [2.05, 4.69) is 24.4 Å². The molecule has 0 fully saturated rings.